The molecule has 2 atom stereocenters. The van der Waals surface area contributed by atoms with Gasteiger partial charge in [0.05, 0.1) is 32.1 Å². The minimum Gasteiger partial charge on any atom is -0.381 e. The van der Waals surface area contributed by atoms with E-state index in [4.69, 9.17) is 14.5 Å². The van der Waals surface area contributed by atoms with Gasteiger partial charge in [-0.2, -0.15) is 14.9 Å². The number of carbonyl (C=O) groups is 1. The summed E-state index contributed by atoms with van der Waals surface area (Å²) in [6.45, 7) is 6.40. The molecule has 1 unspecified atom stereocenters. The molecule has 1 aromatic carbocycles. The van der Waals surface area contributed by atoms with Gasteiger partial charge in [-0.3, -0.25) is 9.89 Å². The van der Waals surface area contributed by atoms with Gasteiger partial charge in [-0.15, -0.1) is 0 Å². The van der Waals surface area contributed by atoms with Gasteiger partial charge in [0.2, 0.25) is 5.91 Å². The Morgan fingerprint density at radius 1 is 1.11 bits per heavy atom. The van der Waals surface area contributed by atoms with Gasteiger partial charge < -0.3 is 19.3 Å². The smallest absolute Gasteiger partial charge is 0.227 e. The number of carbonyl (C=O) groups excluding carboxylic acids is 1. The van der Waals surface area contributed by atoms with Crippen molar-refractivity contribution in [3.8, 4) is 16.9 Å². The van der Waals surface area contributed by atoms with Crippen LogP contribution in [0.25, 0.3) is 28.0 Å². The summed E-state index contributed by atoms with van der Waals surface area (Å²) in [6, 6.07) is 12.5. The van der Waals surface area contributed by atoms with E-state index in [-0.39, 0.29) is 17.4 Å². The monoisotopic (exact) mass is 499 g/mol. The molecule has 7 rings (SSSR count). The fraction of sp³-hybridized carbons (Fsp3) is 0.407. The highest BCUT2D eigenvalue weighted by atomic mass is 16.5. The number of aromatic amines is 1. The molecule has 3 aliphatic heterocycles. The molecule has 1 N–H and O–H groups in total. The third kappa shape index (κ3) is 3.79. The van der Waals surface area contributed by atoms with Crippen LogP contribution in [-0.4, -0.2) is 76.4 Å². The Kier molecular flexibility index (Phi) is 5.26. The Morgan fingerprint density at radius 2 is 2.00 bits per heavy atom. The second-order valence-electron chi connectivity index (χ2n) is 10.4. The topological polar surface area (TPSA) is 101 Å². The molecule has 3 aliphatic rings. The van der Waals surface area contributed by atoms with E-state index in [9.17, 15) is 4.79 Å². The molecule has 0 aliphatic carbocycles. The zero-order valence-corrected chi connectivity index (χ0v) is 20.8. The van der Waals surface area contributed by atoms with E-state index in [0.29, 0.717) is 32.1 Å². The molecule has 0 bridgehead atoms. The molecule has 10 heteroatoms. The fourth-order valence-electron chi connectivity index (χ4n) is 5.84. The molecular formula is C27H29N7O3. The maximum Gasteiger partial charge on any atom is 0.227 e. The average molecular weight is 500 g/mol. The first kappa shape index (κ1) is 22.4. The predicted molar refractivity (Wildman–Crippen MR) is 139 cm³/mol. The van der Waals surface area contributed by atoms with Crippen LogP contribution in [0.5, 0.6) is 0 Å². The molecule has 10 nitrogen and oxygen atoms in total. The van der Waals surface area contributed by atoms with Gasteiger partial charge in [-0.05, 0) is 42.7 Å². The number of hydrogen-bond acceptors (Lipinski definition) is 7. The summed E-state index contributed by atoms with van der Waals surface area (Å²) >= 11 is 0. The number of nitrogens with one attached hydrogen (secondary N) is 1. The highest BCUT2D eigenvalue weighted by Gasteiger charge is 2.46. The van der Waals surface area contributed by atoms with E-state index in [2.05, 4.69) is 45.3 Å². The first-order valence-electron chi connectivity index (χ1n) is 12.8. The lowest BCUT2D eigenvalue weighted by molar-refractivity contribution is -0.117. The van der Waals surface area contributed by atoms with Crippen LogP contribution in [-0.2, 0) is 14.3 Å². The Morgan fingerprint density at radius 3 is 2.76 bits per heavy atom. The second-order valence-corrected chi connectivity index (χ2v) is 10.4. The molecule has 3 aromatic heterocycles. The van der Waals surface area contributed by atoms with Crippen molar-refractivity contribution >= 4 is 28.4 Å². The number of anilines is 2. The van der Waals surface area contributed by atoms with Crippen LogP contribution in [0.15, 0.2) is 48.8 Å². The summed E-state index contributed by atoms with van der Waals surface area (Å²) in [7, 11) is 0. The van der Waals surface area contributed by atoms with E-state index >= 15 is 0 Å². The molecule has 37 heavy (non-hydrogen) atoms. The van der Waals surface area contributed by atoms with Crippen LogP contribution in [0.2, 0.25) is 0 Å². The molecular weight excluding hydrogens is 470 g/mol. The van der Waals surface area contributed by atoms with Gasteiger partial charge in [0.1, 0.15) is 5.82 Å². The summed E-state index contributed by atoms with van der Waals surface area (Å²) in [5, 5.41) is 12.7. The normalized spacial score (nSPS) is 24.1. The number of fused-ring (bicyclic) bond motifs is 1. The number of pyridine rings is 1. The van der Waals surface area contributed by atoms with E-state index in [1.165, 1.54) is 0 Å². The van der Waals surface area contributed by atoms with E-state index < -0.39 is 0 Å². The average Bonchev–Trinajstić information content (AvgIpc) is 3.72. The molecule has 0 saturated carbocycles. The molecule has 3 fully saturated rings. The van der Waals surface area contributed by atoms with Gasteiger partial charge in [0.25, 0.3) is 0 Å². The van der Waals surface area contributed by atoms with Crippen molar-refractivity contribution in [3.05, 3.63) is 48.8 Å². The van der Waals surface area contributed by atoms with Crippen LogP contribution in [0.3, 0.4) is 0 Å². The Balaban J connectivity index is 1.29. The largest absolute Gasteiger partial charge is 0.381 e. The molecule has 1 spiro atoms. The lowest BCUT2D eigenvalue weighted by Gasteiger charge is -2.34. The van der Waals surface area contributed by atoms with Gasteiger partial charge in [0.15, 0.2) is 11.5 Å². The van der Waals surface area contributed by atoms with E-state index in [0.717, 1.165) is 59.8 Å². The molecule has 0 radical (unpaired) electrons. The second kappa shape index (κ2) is 8.67. The number of nitrogens with zero attached hydrogens (tertiary/aromatic N) is 6. The standard InChI is InChI=1S/C27H29N7O3/c1-18-15-36-11-9-32(18)24-12-21(22-14-29-34(26(22)30-24)23-6-8-28-31-23)19-2-4-20(5-3-19)33-16-27(13-25(33)35)7-10-37-17-27/h2-6,8,12,14,18H,7,9-11,13,15-17H2,1H3,(H,28,31)/t18-,27?/m1/s1. The van der Waals surface area contributed by atoms with Crippen molar-refractivity contribution in [3.63, 3.8) is 0 Å². The number of H-pyrrole nitrogens is 1. The Labute approximate surface area is 214 Å². The van der Waals surface area contributed by atoms with Crippen molar-refractivity contribution in [2.45, 2.75) is 25.8 Å². The number of aromatic nitrogens is 5. The van der Waals surface area contributed by atoms with Crippen LogP contribution in [0, 0.1) is 5.41 Å². The first-order chi connectivity index (χ1) is 18.1. The van der Waals surface area contributed by atoms with Crippen molar-refractivity contribution in [2.75, 3.05) is 49.3 Å². The van der Waals surface area contributed by atoms with Crippen LogP contribution < -0.4 is 9.80 Å². The van der Waals surface area contributed by atoms with E-state index in [1.54, 1.807) is 10.9 Å². The van der Waals surface area contributed by atoms with E-state index in [1.807, 2.05) is 29.3 Å². The zero-order valence-electron chi connectivity index (χ0n) is 20.8. The van der Waals surface area contributed by atoms with Gasteiger partial charge >= 0.3 is 0 Å². The number of amides is 1. The van der Waals surface area contributed by atoms with Crippen LogP contribution in [0.4, 0.5) is 11.5 Å². The summed E-state index contributed by atoms with van der Waals surface area (Å²) in [6.07, 6.45) is 5.14. The number of benzene rings is 1. The third-order valence-corrected chi connectivity index (χ3v) is 7.89. The molecule has 6 heterocycles. The van der Waals surface area contributed by atoms with Crippen LogP contribution in [0.1, 0.15) is 19.8 Å². The summed E-state index contributed by atoms with van der Waals surface area (Å²) in [5.41, 5.74) is 3.74. The van der Waals surface area contributed by atoms with Gasteiger partial charge in [-0.1, -0.05) is 12.1 Å². The number of morpholine rings is 1. The summed E-state index contributed by atoms with van der Waals surface area (Å²) in [5.74, 6) is 1.75. The van der Waals surface area contributed by atoms with Crippen molar-refractivity contribution in [2.24, 2.45) is 5.41 Å². The molecule has 4 aromatic rings. The maximum atomic E-state index is 12.9. The summed E-state index contributed by atoms with van der Waals surface area (Å²) in [4.78, 5) is 22.1. The summed E-state index contributed by atoms with van der Waals surface area (Å²) < 4.78 is 13.1. The minimum absolute atomic E-state index is 0.0301. The lowest BCUT2D eigenvalue weighted by Crippen LogP contribution is -2.44. The zero-order chi connectivity index (χ0) is 25.0. The minimum atomic E-state index is -0.0301. The SMILES string of the molecule is C[C@@H]1COCCN1c1cc(-c2ccc(N3CC4(CCOC4)CC3=O)cc2)c2cnn(-c3cc[nH]n3)c2n1. The number of hydrogen-bond donors (Lipinski definition) is 1. The number of rotatable bonds is 4. The lowest BCUT2D eigenvalue weighted by atomic mass is 9.86. The molecule has 3 saturated heterocycles. The highest BCUT2D eigenvalue weighted by molar-refractivity contribution is 5.98. The van der Waals surface area contributed by atoms with Gasteiger partial charge in [-0.25, -0.2) is 4.98 Å². The predicted octanol–water partition coefficient (Wildman–Crippen LogP) is 3.18. The van der Waals surface area contributed by atoms with Crippen molar-refractivity contribution in [1.82, 2.24) is 25.0 Å². The van der Waals surface area contributed by atoms with Crippen LogP contribution >= 0.6 is 0 Å². The third-order valence-electron chi connectivity index (χ3n) is 7.89. The first-order valence-corrected chi connectivity index (χ1v) is 12.8. The van der Waals surface area contributed by atoms with Crippen molar-refractivity contribution in [1.29, 1.82) is 0 Å². The van der Waals surface area contributed by atoms with Crippen molar-refractivity contribution < 1.29 is 14.3 Å². The fourth-order valence-corrected chi connectivity index (χ4v) is 5.84. The maximum absolute atomic E-state index is 12.9. The number of ether oxygens (including phenoxy) is 2. The quantitative estimate of drug-likeness (QED) is 0.460. The molecule has 1 amide bonds. The Bertz CT molecular complexity index is 1440. The van der Waals surface area contributed by atoms with Gasteiger partial charge in [0, 0.05) is 54.9 Å². The molecule has 190 valence electrons. The Hall–Kier alpha value is -3.76. The highest BCUT2D eigenvalue weighted by Crippen LogP contribution is 2.41.